The topological polar surface area (TPSA) is 26.3 Å². The quantitative estimate of drug-likeness (QED) is 0.238. The molecule has 0 saturated carbocycles. The first-order chi connectivity index (χ1) is 8.77. The summed E-state index contributed by atoms with van der Waals surface area (Å²) in [5.41, 5.74) is 0. The first kappa shape index (κ1) is 16.7. The Hall–Kier alpha value is -1.31. The molecule has 2 heteroatoms. The zero-order valence-corrected chi connectivity index (χ0v) is 11.7. The molecule has 0 aromatic rings. The van der Waals surface area contributed by atoms with Gasteiger partial charge in [0.05, 0.1) is 6.26 Å². The van der Waals surface area contributed by atoms with E-state index in [1.165, 1.54) is 51.7 Å². The summed E-state index contributed by atoms with van der Waals surface area (Å²) in [5.74, 6) is -0.293. The van der Waals surface area contributed by atoms with Crippen LogP contribution in [0.25, 0.3) is 0 Å². The molecular weight excluding hydrogens is 224 g/mol. The molecule has 0 N–H and O–H groups in total. The highest BCUT2D eigenvalue weighted by Crippen LogP contribution is 2.07. The van der Waals surface area contributed by atoms with Gasteiger partial charge in [-0.3, -0.25) is 4.79 Å². The van der Waals surface area contributed by atoms with Gasteiger partial charge >= 0.3 is 5.97 Å². The average Bonchev–Trinajstić information content (AvgIpc) is 2.34. The summed E-state index contributed by atoms with van der Waals surface area (Å²) in [7, 11) is 0. The summed E-state index contributed by atoms with van der Waals surface area (Å²) in [6.07, 6.45) is 20.3. The van der Waals surface area contributed by atoms with Crippen molar-refractivity contribution < 1.29 is 9.53 Å². The number of hydrogen-bond acceptors (Lipinski definition) is 2. The van der Waals surface area contributed by atoms with Gasteiger partial charge in [0.15, 0.2) is 0 Å². The molecule has 0 aromatic heterocycles. The van der Waals surface area contributed by atoms with E-state index >= 15 is 0 Å². The second-order valence-electron chi connectivity index (χ2n) is 4.31. The van der Waals surface area contributed by atoms with Crippen LogP contribution in [0.4, 0.5) is 0 Å². The highest BCUT2D eigenvalue weighted by atomic mass is 16.5. The van der Waals surface area contributed by atoms with Crippen LogP contribution in [0.15, 0.2) is 36.6 Å². The third kappa shape index (κ3) is 14.7. The number of unbranched alkanes of at least 4 members (excludes halogenated alkanes) is 6. The van der Waals surface area contributed by atoms with Gasteiger partial charge < -0.3 is 4.74 Å². The van der Waals surface area contributed by atoms with Gasteiger partial charge in [-0.15, -0.1) is 0 Å². The molecule has 18 heavy (non-hydrogen) atoms. The molecule has 0 fully saturated rings. The van der Waals surface area contributed by atoms with Crippen LogP contribution in [0, 0.1) is 0 Å². The highest BCUT2D eigenvalue weighted by Gasteiger charge is 1.87. The minimum atomic E-state index is -0.293. The Balaban J connectivity index is 3.34. The predicted molar refractivity (Wildman–Crippen MR) is 77.2 cm³/mol. The van der Waals surface area contributed by atoms with E-state index in [2.05, 4.69) is 17.7 Å². The largest absolute Gasteiger partial charge is 0.435 e. The van der Waals surface area contributed by atoms with Crippen molar-refractivity contribution in [1.82, 2.24) is 0 Å². The van der Waals surface area contributed by atoms with E-state index in [4.69, 9.17) is 0 Å². The molecule has 0 bridgehead atoms. The second kappa shape index (κ2) is 13.8. The van der Waals surface area contributed by atoms with Crippen molar-refractivity contribution in [1.29, 1.82) is 0 Å². The van der Waals surface area contributed by atoms with Crippen molar-refractivity contribution in [3.8, 4) is 0 Å². The van der Waals surface area contributed by atoms with Crippen molar-refractivity contribution >= 4 is 5.97 Å². The Morgan fingerprint density at radius 2 is 1.61 bits per heavy atom. The van der Waals surface area contributed by atoms with Gasteiger partial charge in [0, 0.05) is 6.92 Å². The lowest BCUT2D eigenvalue weighted by molar-refractivity contribution is -0.135. The van der Waals surface area contributed by atoms with E-state index in [9.17, 15) is 4.79 Å². The standard InChI is InChI=1S/C16H26O2/c1-3-4-5-6-7-8-9-10-11-12-13-14-15-18-16(2)17/h10-15H,3-9H2,1-2H3/b11-10+,13-12+,15-14+. The van der Waals surface area contributed by atoms with E-state index in [0.29, 0.717) is 0 Å². The molecule has 0 aliphatic heterocycles. The monoisotopic (exact) mass is 250 g/mol. The Kier molecular flexibility index (Phi) is 12.8. The molecule has 102 valence electrons. The van der Waals surface area contributed by atoms with Crippen LogP contribution in [-0.4, -0.2) is 5.97 Å². The van der Waals surface area contributed by atoms with Crippen molar-refractivity contribution in [3.63, 3.8) is 0 Å². The molecule has 0 aliphatic rings. The smallest absolute Gasteiger partial charge is 0.307 e. The van der Waals surface area contributed by atoms with Crippen molar-refractivity contribution in [2.45, 2.75) is 58.8 Å². The van der Waals surface area contributed by atoms with Crippen molar-refractivity contribution in [2.24, 2.45) is 0 Å². The van der Waals surface area contributed by atoms with Crippen LogP contribution in [0.5, 0.6) is 0 Å². The van der Waals surface area contributed by atoms with Gasteiger partial charge in [-0.25, -0.2) is 0 Å². The van der Waals surface area contributed by atoms with Crippen LogP contribution in [0.1, 0.15) is 58.8 Å². The Morgan fingerprint density at radius 1 is 0.944 bits per heavy atom. The summed E-state index contributed by atoms with van der Waals surface area (Å²) in [5, 5.41) is 0. The number of esters is 1. The first-order valence-electron chi connectivity index (χ1n) is 6.93. The minimum absolute atomic E-state index is 0.293. The molecule has 0 rings (SSSR count). The maximum atomic E-state index is 10.4. The minimum Gasteiger partial charge on any atom is -0.435 e. The predicted octanol–water partition coefficient (Wildman–Crippen LogP) is 4.93. The first-order valence-corrected chi connectivity index (χ1v) is 6.93. The average molecular weight is 250 g/mol. The van der Waals surface area contributed by atoms with Gasteiger partial charge in [0.25, 0.3) is 0 Å². The van der Waals surface area contributed by atoms with Crippen LogP contribution in [-0.2, 0) is 9.53 Å². The zero-order chi connectivity index (χ0) is 13.5. The highest BCUT2D eigenvalue weighted by molar-refractivity contribution is 5.66. The van der Waals surface area contributed by atoms with E-state index in [-0.39, 0.29) is 5.97 Å². The fraction of sp³-hybridized carbons (Fsp3) is 0.562. The fourth-order valence-corrected chi connectivity index (χ4v) is 1.53. The number of allylic oxidation sites excluding steroid dienone is 5. The van der Waals surface area contributed by atoms with Gasteiger partial charge in [-0.2, -0.15) is 0 Å². The molecule has 2 nitrogen and oxygen atoms in total. The lowest BCUT2D eigenvalue weighted by Crippen LogP contribution is -1.88. The van der Waals surface area contributed by atoms with Gasteiger partial charge in [-0.1, -0.05) is 63.3 Å². The molecule has 0 radical (unpaired) electrons. The Bertz CT molecular complexity index is 275. The summed E-state index contributed by atoms with van der Waals surface area (Å²) in [6, 6.07) is 0. The third-order valence-electron chi connectivity index (χ3n) is 2.51. The maximum absolute atomic E-state index is 10.4. The van der Waals surface area contributed by atoms with E-state index in [1.807, 2.05) is 18.2 Å². The number of hydrogen-bond donors (Lipinski definition) is 0. The second-order valence-corrected chi connectivity index (χ2v) is 4.31. The maximum Gasteiger partial charge on any atom is 0.307 e. The van der Waals surface area contributed by atoms with Crippen LogP contribution >= 0.6 is 0 Å². The van der Waals surface area contributed by atoms with Gasteiger partial charge in [0.1, 0.15) is 0 Å². The number of carbonyl (C=O) groups is 1. The molecule has 0 aliphatic carbocycles. The van der Waals surface area contributed by atoms with Crippen molar-refractivity contribution in [3.05, 3.63) is 36.6 Å². The molecule has 0 atom stereocenters. The molecule has 0 aromatic carbocycles. The van der Waals surface area contributed by atoms with E-state index < -0.39 is 0 Å². The van der Waals surface area contributed by atoms with Crippen molar-refractivity contribution in [2.75, 3.05) is 0 Å². The van der Waals surface area contributed by atoms with Crippen LogP contribution in [0.2, 0.25) is 0 Å². The fourth-order valence-electron chi connectivity index (χ4n) is 1.53. The van der Waals surface area contributed by atoms with E-state index in [1.54, 1.807) is 6.08 Å². The molecule has 0 spiro atoms. The number of ether oxygens (including phenoxy) is 1. The zero-order valence-electron chi connectivity index (χ0n) is 11.7. The normalized spacial score (nSPS) is 11.9. The van der Waals surface area contributed by atoms with Gasteiger partial charge in [0.2, 0.25) is 0 Å². The molecular formula is C16H26O2. The van der Waals surface area contributed by atoms with Crippen LogP contribution in [0.3, 0.4) is 0 Å². The van der Waals surface area contributed by atoms with Crippen LogP contribution < -0.4 is 0 Å². The molecule has 0 amide bonds. The number of rotatable bonds is 10. The molecule has 0 heterocycles. The number of carbonyl (C=O) groups excluding carboxylic acids is 1. The summed E-state index contributed by atoms with van der Waals surface area (Å²) in [4.78, 5) is 10.4. The molecule has 0 saturated heterocycles. The Morgan fingerprint density at radius 3 is 2.33 bits per heavy atom. The third-order valence-corrected chi connectivity index (χ3v) is 2.51. The summed E-state index contributed by atoms with van der Waals surface area (Å²) >= 11 is 0. The van der Waals surface area contributed by atoms with E-state index in [0.717, 1.165) is 6.42 Å². The van der Waals surface area contributed by atoms with Gasteiger partial charge in [-0.05, 0) is 18.9 Å². The lowest BCUT2D eigenvalue weighted by Gasteiger charge is -1.97. The SMILES string of the molecule is CCCCCCCC/C=C/C=C/C=C/OC(C)=O. The lowest BCUT2D eigenvalue weighted by atomic mass is 10.1. The molecule has 0 unspecified atom stereocenters. The Labute approximate surface area is 111 Å². The summed E-state index contributed by atoms with van der Waals surface area (Å²) < 4.78 is 4.64. The summed E-state index contributed by atoms with van der Waals surface area (Å²) in [6.45, 7) is 3.62.